The van der Waals surface area contributed by atoms with Crippen LogP contribution in [0.15, 0.2) is 30.6 Å². The van der Waals surface area contributed by atoms with Gasteiger partial charge in [0.25, 0.3) is 0 Å². The zero-order chi connectivity index (χ0) is 13.2. The molecule has 96 valence electrons. The van der Waals surface area contributed by atoms with Crippen LogP contribution < -0.4 is 4.74 Å². The minimum absolute atomic E-state index is 0.268. The molecule has 0 saturated heterocycles. The van der Waals surface area contributed by atoms with Crippen molar-refractivity contribution in [2.45, 2.75) is 12.7 Å². The Morgan fingerprint density at radius 2 is 2.06 bits per heavy atom. The topological polar surface area (TPSA) is 39.9 Å². The van der Waals surface area contributed by atoms with E-state index in [0.29, 0.717) is 11.4 Å². The van der Waals surface area contributed by atoms with Crippen molar-refractivity contribution in [3.8, 4) is 17.1 Å². The van der Waals surface area contributed by atoms with Crippen LogP contribution in [0, 0.1) is 0 Å². The first-order valence-electron chi connectivity index (χ1n) is 5.09. The van der Waals surface area contributed by atoms with Crippen molar-refractivity contribution in [3.05, 3.63) is 30.6 Å². The number of rotatable bonds is 3. The number of alkyl halides is 3. The molecule has 0 N–H and O–H groups in total. The molecule has 18 heavy (non-hydrogen) atoms. The van der Waals surface area contributed by atoms with E-state index in [9.17, 15) is 13.2 Å². The quantitative estimate of drug-likeness (QED) is 0.848. The van der Waals surface area contributed by atoms with Crippen LogP contribution in [0.5, 0.6) is 5.75 Å². The van der Waals surface area contributed by atoms with Crippen molar-refractivity contribution in [3.63, 3.8) is 0 Å². The lowest BCUT2D eigenvalue weighted by atomic mass is 10.2. The molecular formula is C11H10F3N3O. The van der Waals surface area contributed by atoms with Crippen molar-refractivity contribution in [2.24, 2.45) is 0 Å². The molecule has 0 unspecified atom stereocenters. The Labute approximate surface area is 101 Å². The first kappa shape index (κ1) is 12.4. The van der Waals surface area contributed by atoms with Crippen LogP contribution in [-0.2, 0) is 6.54 Å². The number of hydrogen-bond donors (Lipinski definition) is 0. The molecule has 0 bridgehead atoms. The summed E-state index contributed by atoms with van der Waals surface area (Å²) >= 11 is 0. The molecule has 0 aliphatic rings. The summed E-state index contributed by atoms with van der Waals surface area (Å²) in [5.41, 5.74) is 0.603. The van der Waals surface area contributed by atoms with Crippen LogP contribution in [0.25, 0.3) is 11.4 Å². The van der Waals surface area contributed by atoms with Gasteiger partial charge in [-0.3, -0.25) is 9.67 Å². The van der Waals surface area contributed by atoms with Crippen molar-refractivity contribution >= 4 is 0 Å². The van der Waals surface area contributed by atoms with E-state index < -0.39 is 12.7 Å². The maximum Gasteiger partial charge on any atom is 0.408 e. The second-order valence-corrected chi connectivity index (χ2v) is 3.54. The molecule has 2 rings (SSSR count). The van der Waals surface area contributed by atoms with E-state index in [-0.39, 0.29) is 5.69 Å². The van der Waals surface area contributed by atoms with E-state index in [1.54, 1.807) is 12.1 Å². The van der Waals surface area contributed by atoms with Crippen LogP contribution in [0.1, 0.15) is 0 Å². The Kier molecular flexibility index (Phi) is 3.22. The molecule has 0 aliphatic carbocycles. The summed E-state index contributed by atoms with van der Waals surface area (Å²) < 4.78 is 43.1. The summed E-state index contributed by atoms with van der Waals surface area (Å²) in [4.78, 5) is 4.03. The number of ether oxygens (including phenoxy) is 1. The second kappa shape index (κ2) is 4.67. The monoisotopic (exact) mass is 257 g/mol. The van der Waals surface area contributed by atoms with Crippen LogP contribution in [0.2, 0.25) is 0 Å². The molecule has 2 heterocycles. The highest BCUT2D eigenvalue weighted by Crippen LogP contribution is 2.28. The van der Waals surface area contributed by atoms with E-state index in [4.69, 9.17) is 4.74 Å². The summed E-state index contributed by atoms with van der Waals surface area (Å²) in [5, 5.41) is 3.65. The number of pyridine rings is 1. The second-order valence-electron chi connectivity index (χ2n) is 3.54. The maximum atomic E-state index is 12.4. The molecule has 0 saturated carbocycles. The third-order valence-corrected chi connectivity index (χ3v) is 2.28. The van der Waals surface area contributed by atoms with Gasteiger partial charge >= 0.3 is 6.18 Å². The number of halogens is 3. The fraction of sp³-hybridized carbons (Fsp3) is 0.273. The Bertz CT molecular complexity index is 536. The lowest BCUT2D eigenvalue weighted by Gasteiger charge is -2.11. The molecule has 2 aromatic heterocycles. The van der Waals surface area contributed by atoms with Gasteiger partial charge in [-0.1, -0.05) is 0 Å². The smallest absolute Gasteiger partial charge is 0.408 e. The largest absolute Gasteiger partial charge is 0.494 e. The van der Waals surface area contributed by atoms with Gasteiger partial charge < -0.3 is 4.74 Å². The Morgan fingerprint density at radius 1 is 1.28 bits per heavy atom. The fourth-order valence-electron chi connectivity index (χ4n) is 1.58. The number of nitrogens with zero attached hydrogens (tertiary/aromatic N) is 3. The van der Waals surface area contributed by atoms with E-state index >= 15 is 0 Å². The summed E-state index contributed by atoms with van der Waals surface area (Å²) in [5.74, 6) is 0.404. The van der Waals surface area contributed by atoms with Crippen LogP contribution in [-0.4, -0.2) is 28.1 Å². The minimum atomic E-state index is -4.33. The zero-order valence-corrected chi connectivity index (χ0v) is 9.48. The Balaban J connectivity index is 2.42. The van der Waals surface area contributed by atoms with Gasteiger partial charge in [-0.15, -0.1) is 0 Å². The van der Waals surface area contributed by atoms with Gasteiger partial charge in [-0.2, -0.15) is 18.3 Å². The SMILES string of the molecule is COc1cccnc1-c1ccnn1CC(F)(F)F. The molecule has 0 fully saturated rings. The summed E-state index contributed by atoms with van der Waals surface area (Å²) in [7, 11) is 1.44. The first-order chi connectivity index (χ1) is 8.51. The van der Waals surface area contributed by atoms with Gasteiger partial charge in [0.05, 0.1) is 12.8 Å². The van der Waals surface area contributed by atoms with Gasteiger partial charge in [0, 0.05) is 12.4 Å². The van der Waals surface area contributed by atoms with E-state index in [1.165, 1.54) is 25.6 Å². The maximum absolute atomic E-state index is 12.4. The van der Waals surface area contributed by atoms with Crippen LogP contribution in [0.4, 0.5) is 13.2 Å². The first-order valence-corrected chi connectivity index (χ1v) is 5.09. The molecule has 0 radical (unpaired) electrons. The van der Waals surface area contributed by atoms with Crippen molar-refractivity contribution < 1.29 is 17.9 Å². The third kappa shape index (κ3) is 2.61. The predicted octanol–water partition coefficient (Wildman–Crippen LogP) is 2.52. The van der Waals surface area contributed by atoms with E-state index in [0.717, 1.165) is 4.68 Å². The molecule has 0 aliphatic heterocycles. The van der Waals surface area contributed by atoms with Gasteiger partial charge in [-0.25, -0.2) is 0 Å². The van der Waals surface area contributed by atoms with Gasteiger partial charge in [0.15, 0.2) is 0 Å². The average molecular weight is 257 g/mol. The van der Waals surface area contributed by atoms with E-state index in [1.807, 2.05) is 0 Å². The third-order valence-electron chi connectivity index (χ3n) is 2.28. The highest BCUT2D eigenvalue weighted by Gasteiger charge is 2.30. The zero-order valence-electron chi connectivity index (χ0n) is 9.48. The number of hydrogen-bond acceptors (Lipinski definition) is 3. The lowest BCUT2D eigenvalue weighted by molar-refractivity contribution is -0.142. The molecule has 7 heteroatoms. The van der Waals surface area contributed by atoms with Gasteiger partial charge in [0.2, 0.25) is 0 Å². The summed E-state index contributed by atoms with van der Waals surface area (Å²) in [6.07, 6.45) is -1.54. The molecule has 0 spiro atoms. The normalized spacial score (nSPS) is 11.6. The van der Waals surface area contributed by atoms with Gasteiger partial charge in [-0.05, 0) is 18.2 Å². The number of methoxy groups -OCH3 is 1. The highest BCUT2D eigenvalue weighted by molar-refractivity contribution is 5.62. The highest BCUT2D eigenvalue weighted by atomic mass is 19.4. The molecule has 0 amide bonds. The summed E-state index contributed by atoms with van der Waals surface area (Å²) in [6, 6.07) is 4.75. The van der Waals surface area contributed by atoms with Crippen molar-refractivity contribution in [2.75, 3.05) is 7.11 Å². The predicted molar refractivity (Wildman–Crippen MR) is 58.1 cm³/mol. The fourth-order valence-corrected chi connectivity index (χ4v) is 1.58. The number of aromatic nitrogens is 3. The van der Waals surface area contributed by atoms with Crippen molar-refractivity contribution in [1.82, 2.24) is 14.8 Å². The molecule has 2 aromatic rings. The van der Waals surface area contributed by atoms with E-state index in [2.05, 4.69) is 10.1 Å². The Hall–Kier alpha value is -2.05. The minimum Gasteiger partial charge on any atom is -0.494 e. The molecular weight excluding hydrogens is 247 g/mol. The molecule has 0 aromatic carbocycles. The average Bonchev–Trinajstić information content (AvgIpc) is 2.74. The van der Waals surface area contributed by atoms with Crippen LogP contribution >= 0.6 is 0 Å². The molecule has 0 atom stereocenters. The molecule has 4 nitrogen and oxygen atoms in total. The lowest BCUT2D eigenvalue weighted by Crippen LogP contribution is -2.19. The van der Waals surface area contributed by atoms with Gasteiger partial charge in [0.1, 0.15) is 18.0 Å². The van der Waals surface area contributed by atoms with Crippen LogP contribution in [0.3, 0.4) is 0 Å². The summed E-state index contributed by atoms with van der Waals surface area (Å²) in [6.45, 7) is -1.16. The Morgan fingerprint density at radius 3 is 2.72 bits per heavy atom. The standard InChI is InChI=1S/C11H10F3N3O/c1-18-9-3-2-5-15-10(9)8-4-6-16-17(8)7-11(12,13)14/h2-6H,7H2,1H3. The van der Waals surface area contributed by atoms with Crippen molar-refractivity contribution in [1.29, 1.82) is 0 Å².